The fraction of sp³-hybridized carbons (Fsp3) is 0.947. The molecule has 24 heavy (non-hydrogen) atoms. The minimum absolute atomic E-state index is 0. The second-order valence-corrected chi connectivity index (χ2v) is 8.00. The van der Waals surface area contributed by atoms with Crippen molar-refractivity contribution in [2.45, 2.75) is 77.7 Å². The van der Waals surface area contributed by atoms with Gasteiger partial charge in [0.05, 0.1) is 6.10 Å². The van der Waals surface area contributed by atoms with Crippen LogP contribution in [0.15, 0.2) is 4.99 Å². The Morgan fingerprint density at radius 2 is 1.92 bits per heavy atom. The first-order valence-electron chi connectivity index (χ1n) is 9.68. The molecule has 0 atom stereocenters. The van der Waals surface area contributed by atoms with Crippen LogP contribution in [0.4, 0.5) is 0 Å². The number of halogens is 1. The molecule has 0 amide bonds. The van der Waals surface area contributed by atoms with E-state index in [0.29, 0.717) is 11.5 Å². The maximum atomic E-state index is 5.98. The van der Waals surface area contributed by atoms with Crippen LogP contribution in [0, 0.1) is 5.41 Å². The minimum Gasteiger partial charge on any atom is -0.378 e. The van der Waals surface area contributed by atoms with E-state index in [1.54, 1.807) is 0 Å². The Kier molecular flexibility index (Phi) is 10.6. The van der Waals surface area contributed by atoms with Gasteiger partial charge in [-0.3, -0.25) is 4.99 Å². The SMILES string of the molecule is CN=C(NCCCCCOC1CCCCC1)N1CCC(C)(C)C1.I. The molecule has 0 bridgehead atoms. The van der Waals surface area contributed by atoms with Crippen LogP contribution in [-0.4, -0.2) is 50.3 Å². The van der Waals surface area contributed by atoms with Crippen LogP contribution >= 0.6 is 24.0 Å². The minimum atomic E-state index is 0. The average Bonchev–Trinajstić information content (AvgIpc) is 2.91. The first kappa shape index (κ1) is 22.0. The molecule has 0 spiro atoms. The lowest BCUT2D eigenvalue weighted by Gasteiger charge is -2.23. The summed E-state index contributed by atoms with van der Waals surface area (Å²) in [5, 5.41) is 3.52. The van der Waals surface area contributed by atoms with Gasteiger partial charge in [0.25, 0.3) is 0 Å². The van der Waals surface area contributed by atoms with Crippen LogP contribution in [0.3, 0.4) is 0 Å². The molecule has 0 aromatic heterocycles. The molecule has 0 aromatic carbocycles. The summed E-state index contributed by atoms with van der Waals surface area (Å²) in [7, 11) is 1.89. The van der Waals surface area contributed by atoms with Crippen molar-refractivity contribution in [1.82, 2.24) is 10.2 Å². The number of aliphatic imine (C=N–C) groups is 1. The largest absolute Gasteiger partial charge is 0.378 e. The number of rotatable bonds is 7. The van der Waals surface area contributed by atoms with Crippen LogP contribution in [0.2, 0.25) is 0 Å². The highest BCUT2D eigenvalue weighted by molar-refractivity contribution is 14.0. The number of nitrogens with zero attached hydrogens (tertiary/aromatic N) is 2. The molecule has 1 heterocycles. The Labute approximate surface area is 166 Å². The van der Waals surface area contributed by atoms with Gasteiger partial charge in [0.1, 0.15) is 0 Å². The van der Waals surface area contributed by atoms with E-state index in [4.69, 9.17) is 4.74 Å². The standard InChI is InChI=1S/C19H37N3O.HI/c1-19(2)12-14-22(16-19)18(20-3)21-13-8-5-9-15-23-17-10-6-4-7-11-17;/h17H,4-16H2,1-3H3,(H,20,21);1H. The van der Waals surface area contributed by atoms with Crippen molar-refractivity contribution >= 4 is 29.9 Å². The van der Waals surface area contributed by atoms with Gasteiger partial charge in [-0.25, -0.2) is 0 Å². The quantitative estimate of drug-likeness (QED) is 0.269. The van der Waals surface area contributed by atoms with Crippen molar-refractivity contribution in [3.63, 3.8) is 0 Å². The van der Waals surface area contributed by atoms with Gasteiger partial charge in [-0.05, 0) is 43.9 Å². The predicted octanol–water partition coefficient (Wildman–Crippen LogP) is 4.43. The number of likely N-dealkylation sites (tertiary alicyclic amines) is 1. The van der Waals surface area contributed by atoms with Crippen molar-refractivity contribution in [2.24, 2.45) is 10.4 Å². The van der Waals surface area contributed by atoms with Gasteiger partial charge < -0.3 is 15.0 Å². The normalized spacial score (nSPS) is 21.6. The summed E-state index contributed by atoms with van der Waals surface area (Å²) in [6.45, 7) is 8.88. The van der Waals surface area contributed by atoms with Crippen LogP contribution in [0.5, 0.6) is 0 Å². The third-order valence-corrected chi connectivity index (χ3v) is 5.20. The second-order valence-electron chi connectivity index (χ2n) is 8.00. The number of unbranched alkanes of at least 4 members (excludes halogenated alkanes) is 2. The summed E-state index contributed by atoms with van der Waals surface area (Å²) < 4.78 is 5.98. The Hall–Kier alpha value is -0.0400. The van der Waals surface area contributed by atoms with Crippen molar-refractivity contribution in [3.05, 3.63) is 0 Å². The molecule has 0 radical (unpaired) electrons. The van der Waals surface area contributed by atoms with Gasteiger partial charge in [0.2, 0.25) is 0 Å². The molecule has 4 nitrogen and oxygen atoms in total. The van der Waals surface area contributed by atoms with Crippen LogP contribution in [0.1, 0.15) is 71.6 Å². The summed E-state index contributed by atoms with van der Waals surface area (Å²) in [4.78, 5) is 6.83. The van der Waals surface area contributed by atoms with Gasteiger partial charge in [0, 0.05) is 33.3 Å². The molecule has 2 aliphatic rings. The van der Waals surface area contributed by atoms with Gasteiger partial charge >= 0.3 is 0 Å². The van der Waals surface area contributed by atoms with Gasteiger partial charge in [-0.15, -0.1) is 24.0 Å². The molecule has 2 rings (SSSR count). The lowest BCUT2D eigenvalue weighted by atomic mass is 9.93. The Morgan fingerprint density at radius 3 is 2.54 bits per heavy atom. The first-order valence-corrected chi connectivity index (χ1v) is 9.68. The summed E-state index contributed by atoms with van der Waals surface area (Å²) >= 11 is 0. The number of nitrogens with one attached hydrogen (secondary N) is 1. The molecule has 1 aliphatic carbocycles. The maximum Gasteiger partial charge on any atom is 0.193 e. The summed E-state index contributed by atoms with van der Waals surface area (Å²) in [5.41, 5.74) is 0.425. The lowest BCUT2D eigenvalue weighted by Crippen LogP contribution is -2.41. The number of ether oxygens (including phenoxy) is 1. The van der Waals surface area contributed by atoms with E-state index >= 15 is 0 Å². The van der Waals surface area contributed by atoms with Gasteiger partial charge in [0.15, 0.2) is 5.96 Å². The molecular formula is C19H38IN3O. The van der Waals surface area contributed by atoms with Crippen molar-refractivity contribution < 1.29 is 4.74 Å². The highest BCUT2D eigenvalue weighted by Gasteiger charge is 2.30. The van der Waals surface area contributed by atoms with E-state index in [1.807, 2.05) is 7.05 Å². The van der Waals surface area contributed by atoms with E-state index in [1.165, 1.54) is 57.8 Å². The molecule has 142 valence electrons. The fourth-order valence-electron chi connectivity index (χ4n) is 3.71. The topological polar surface area (TPSA) is 36.9 Å². The summed E-state index contributed by atoms with van der Waals surface area (Å²) in [6, 6.07) is 0. The molecule has 0 aromatic rings. The van der Waals surface area contributed by atoms with E-state index in [2.05, 4.69) is 29.1 Å². The van der Waals surface area contributed by atoms with Crippen LogP contribution in [0.25, 0.3) is 0 Å². The number of guanidine groups is 1. The van der Waals surface area contributed by atoms with Gasteiger partial charge in [-0.1, -0.05) is 33.1 Å². The zero-order valence-corrected chi connectivity index (χ0v) is 18.3. The molecule has 1 N–H and O–H groups in total. The zero-order valence-electron chi connectivity index (χ0n) is 16.0. The Balaban J connectivity index is 0.00000288. The number of hydrogen-bond donors (Lipinski definition) is 1. The second kappa shape index (κ2) is 11.6. The Morgan fingerprint density at radius 1 is 1.17 bits per heavy atom. The van der Waals surface area contributed by atoms with Crippen LogP contribution in [-0.2, 0) is 4.74 Å². The molecule has 0 unspecified atom stereocenters. The summed E-state index contributed by atoms with van der Waals surface area (Å²) in [5.74, 6) is 1.08. The fourth-order valence-corrected chi connectivity index (χ4v) is 3.71. The summed E-state index contributed by atoms with van der Waals surface area (Å²) in [6.07, 6.45) is 12.1. The predicted molar refractivity (Wildman–Crippen MR) is 113 cm³/mol. The third-order valence-electron chi connectivity index (χ3n) is 5.20. The monoisotopic (exact) mass is 451 g/mol. The van der Waals surface area contributed by atoms with E-state index in [0.717, 1.165) is 32.2 Å². The Bertz CT molecular complexity index is 368. The highest BCUT2D eigenvalue weighted by Crippen LogP contribution is 2.28. The lowest BCUT2D eigenvalue weighted by molar-refractivity contribution is 0.0264. The molecule has 1 aliphatic heterocycles. The van der Waals surface area contributed by atoms with E-state index in [9.17, 15) is 0 Å². The molecular weight excluding hydrogens is 413 g/mol. The smallest absolute Gasteiger partial charge is 0.193 e. The van der Waals surface area contributed by atoms with Crippen molar-refractivity contribution in [2.75, 3.05) is 33.3 Å². The molecule has 5 heteroatoms. The van der Waals surface area contributed by atoms with Crippen LogP contribution < -0.4 is 5.32 Å². The third kappa shape index (κ3) is 7.89. The van der Waals surface area contributed by atoms with Crippen molar-refractivity contribution in [3.8, 4) is 0 Å². The molecule has 2 fully saturated rings. The number of hydrogen-bond acceptors (Lipinski definition) is 2. The highest BCUT2D eigenvalue weighted by atomic mass is 127. The molecule has 1 saturated heterocycles. The van der Waals surface area contributed by atoms with Gasteiger partial charge in [-0.2, -0.15) is 0 Å². The average molecular weight is 451 g/mol. The maximum absolute atomic E-state index is 5.98. The van der Waals surface area contributed by atoms with Crippen molar-refractivity contribution in [1.29, 1.82) is 0 Å². The molecule has 1 saturated carbocycles. The first-order chi connectivity index (χ1) is 11.1. The van der Waals surface area contributed by atoms with E-state index < -0.39 is 0 Å². The zero-order chi connectivity index (χ0) is 16.5. The van der Waals surface area contributed by atoms with E-state index in [-0.39, 0.29) is 24.0 Å².